The summed E-state index contributed by atoms with van der Waals surface area (Å²) in [5, 5.41) is 5.99. The van der Waals surface area contributed by atoms with Gasteiger partial charge in [0.2, 0.25) is 0 Å². The van der Waals surface area contributed by atoms with Gasteiger partial charge in [0.15, 0.2) is 0 Å². The van der Waals surface area contributed by atoms with Crippen molar-refractivity contribution in [3.8, 4) is 11.1 Å². The molecule has 0 atom stereocenters. The summed E-state index contributed by atoms with van der Waals surface area (Å²) in [6.07, 6.45) is 3.26. The van der Waals surface area contributed by atoms with E-state index in [1.165, 1.54) is 11.8 Å². The second kappa shape index (κ2) is 11.6. The van der Waals surface area contributed by atoms with E-state index in [4.69, 9.17) is 0 Å². The second-order valence-corrected chi connectivity index (χ2v) is 9.34. The zero-order valence-corrected chi connectivity index (χ0v) is 20.6. The minimum atomic E-state index is -0.266. The maximum atomic E-state index is 12.7. The number of rotatable bonds is 7. The van der Waals surface area contributed by atoms with Crippen molar-refractivity contribution in [1.29, 1.82) is 0 Å². The number of nitrogens with one attached hydrogen (secondary N) is 2. The van der Waals surface area contributed by atoms with E-state index < -0.39 is 0 Å². The Morgan fingerprint density at radius 2 is 1.41 bits per heavy atom. The lowest BCUT2D eigenvalue weighted by atomic mass is 10.0. The van der Waals surface area contributed by atoms with Crippen LogP contribution in [0.4, 0.5) is 5.69 Å². The minimum absolute atomic E-state index is 0.128. The first-order valence-corrected chi connectivity index (χ1v) is 12.6. The predicted molar refractivity (Wildman–Crippen MR) is 146 cm³/mol. The summed E-state index contributed by atoms with van der Waals surface area (Å²) in [4.78, 5) is 32.1. The van der Waals surface area contributed by atoms with Crippen molar-refractivity contribution in [1.82, 2.24) is 15.2 Å². The Balaban J connectivity index is 1.10. The molecule has 2 N–H and O–H groups in total. The van der Waals surface area contributed by atoms with Crippen molar-refractivity contribution < 1.29 is 9.59 Å². The zero-order valence-electron chi connectivity index (χ0n) is 20.6. The maximum Gasteiger partial charge on any atom is 0.270 e. The van der Waals surface area contributed by atoms with Crippen LogP contribution >= 0.6 is 0 Å². The van der Waals surface area contributed by atoms with Gasteiger partial charge in [-0.15, -0.1) is 0 Å². The molecule has 0 saturated carbocycles. The third-order valence-corrected chi connectivity index (χ3v) is 6.68. The van der Waals surface area contributed by atoms with E-state index in [1.54, 1.807) is 12.1 Å². The standard InChI is InChI=1S/C31H30N4O2/c36-30(33-27-14-11-25(12-15-27)24-9-5-2-6-10-24)26-13-16-29(32-21-26)31(37)34-28-17-19-35(20-18-28)22-23-7-3-1-4-8-23/h1-16,21,28H,17-20,22H2,(H,33,36)(H,34,37). The summed E-state index contributed by atoms with van der Waals surface area (Å²) in [6, 6.07) is 31.6. The van der Waals surface area contributed by atoms with Crippen molar-refractivity contribution in [2.24, 2.45) is 0 Å². The van der Waals surface area contributed by atoms with E-state index >= 15 is 0 Å². The van der Waals surface area contributed by atoms with E-state index in [-0.39, 0.29) is 17.9 Å². The van der Waals surface area contributed by atoms with Gasteiger partial charge in [0.1, 0.15) is 5.69 Å². The highest BCUT2D eigenvalue weighted by atomic mass is 16.2. The molecule has 6 heteroatoms. The first-order valence-electron chi connectivity index (χ1n) is 12.6. The second-order valence-electron chi connectivity index (χ2n) is 9.34. The minimum Gasteiger partial charge on any atom is -0.348 e. The third kappa shape index (κ3) is 6.48. The van der Waals surface area contributed by atoms with Crippen LogP contribution in [0.1, 0.15) is 39.3 Å². The number of hydrogen-bond acceptors (Lipinski definition) is 4. The molecule has 0 radical (unpaired) electrons. The summed E-state index contributed by atoms with van der Waals surface area (Å²) in [7, 11) is 0. The molecule has 0 unspecified atom stereocenters. The molecule has 4 aromatic rings. The molecule has 2 heterocycles. The van der Waals surface area contributed by atoms with Crippen LogP contribution in [0.5, 0.6) is 0 Å². The lowest BCUT2D eigenvalue weighted by Crippen LogP contribution is -2.44. The number of hydrogen-bond donors (Lipinski definition) is 2. The smallest absolute Gasteiger partial charge is 0.270 e. The number of anilines is 1. The molecule has 6 nitrogen and oxygen atoms in total. The first kappa shape index (κ1) is 24.4. The fourth-order valence-electron chi connectivity index (χ4n) is 4.58. The van der Waals surface area contributed by atoms with E-state index in [1.807, 2.05) is 60.7 Å². The highest BCUT2D eigenvalue weighted by Crippen LogP contribution is 2.21. The summed E-state index contributed by atoms with van der Waals surface area (Å²) in [5.41, 5.74) is 4.93. The number of nitrogens with zero attached hydrogens (tertiary/aromatic N) is 2. The van der Waals surface area contributed by atoms with Gasteiger partial charge in [-0.1, -0.05) is 72.8 Å². The highest BCUT2D eigenvalue weighted by Gasteiger charge is 2.22. The number of amides is 2. The van der Waals surface area contributed by atoms with Crippen molar-refractivity contribution in [3.63, 3.8) is 0 Å². The van der Waals surface area contributed by atoms with Gasteiger partial charge in [0.05, 0.1) is 5.56 Å². The Morgan fingerprint density at radius 1 is 0.757 bits per heavy atom. The number of aromatic nitrogens is 1. The SMILES string of the molecule is O=C(Nc1ccc(-c2ccccc2)cc1)c1ccc(C(=O)NC2CCN(Cc3ccccc3)CC2)nc1. The quantitative estimate of drug-likeness (QED) is 0.364. The molecule has 186 valence electrons. The number of carbonyl (C=O) groups is 2. The first-order chi connectivity index (χ1) is 18.1. The van der Waals surface area contributed by atoms with Crippen molar-refractivity contribution in [2.75, 3.05) is 18.4 Å². The van der Waals surface area contributed by atoms with Gasteiger partial charge in [-0.2, -0.15) is 0 Å². The van der Waals surface area contributed by atoms with Crippen LogP contribution in [0, 0.1) is 0 Å². The topological polar surface area (TPSA) is 74.3 Å². The van der Waals surface area contributed by atoms with Crippen LogP contribution in [0.2, 0.25) is 0 Å². The monoisotopic (exact) mass is 490 g/mol. The Bertz CT molecular complexity index is 1320. The van der Waals surface area contributed by atoms with Gasteiger partial charge in [-0.05, 0) is 53.8 Å². The zero-order chi connectivity index (χ0) is 25.5. The summed E-state index contributed by atoms with van der Waals surface area (Å²) in [5.74, 6) is -0.470. The molecule has 1 aromatic heterocycles. The number of benzene rings is 3. The normalized spacial score (nSPS) is 14.2. The van der Waals surface area contributed by atoms with Crippen LogP contribution in [0.25, 0.3) is 11.1 Å². The van der Waals surface area contributed by atoms with Gasteiger partial charge in [0, 0.05) is 37.6 Å². The number of carbonyl (C=O) groups excluding carboxylic acids is 2. The Hall–Kier alpha value is -4.29. The molecule has 37 heavy (non-hydrogen) atoms. The van der Waals surface area contributed by atoms with E-state index in [2.05, 4.69) is 44.8 Å². The maximum absolute atomic E-state index is 12.7. The molecule has 0 spiro atoms. The van der Waals surface area contributed by atoms with Crippen LogP contribution in [0.3, 0.4) is 0 Å². The molecule has 1 aliphatic rings. The Morgan fingerprint density at radius 3 is 2.05 bits per heavy atom. The largest absolute Gasteiger partial charge is 0.348 e. The van der Waals surface area contributed by atoms with Crippen molar-refractivity contribution >= 4 is 17.5 Å². The van der Waals surface area contributed by atoms with Gasteiger partial charge < -0.3 is 10.6 Å². The van der Waals surface area contributed by atoms with Gasteiger partial charge in [0.25, 0.3) is 11.8 Å². The predicted octanol–water partition coefficient (Wildman–Crippen LogP) is 5.40. The third-order valence-electron chi connectivity index (χ3n) is 6.68. The van der Waals surface area contributed by atoms with Crippen LogP contribution in [-0.4, -0.2) is 40.8 Å². The van der Waals surface area contributed by atoms with E-state index in [0.717, 1.165) is 43.6 Å². The summed E-state index contributed by atoms with van der Waals surface area (Å²) < 4.78 is 0. The van der Waals surface area contributed by atoms with Crippen LogP contribution in [-0.2, 0) is 6.54 Å². The summed E-state index contributed by atoms with van der Waals surface area (Å²) in [6.45, 7) is 2.82. The van der Waals surface area contributed by atoms with Gasteiger partial charge in [-0.3, -0.25) is 19.5 Å². The van der Waals surface area contributed by atoms with Crippen LogP contribution < -0.4 is 10.6 Å². The average Bonchev–Trinajstić information content (AvgIpc) is 2.95. The molecular weight excluding hydrogens is 460 g/mol. The number of likely N-dealkylation sites (tertiary alicyclic amines) is 1. The molecule has 0 aliphatic carbocycles. The van der Waals surface area contributed by atoms with Gasteiger partial charge >= 0.3 is 0 Å². The van der Waals surface area contributed by atoms with E-state index in [9.17, 15) is 9.59 Å². The molecule has 2 amide bonds. The fraction of sp³-hybridized carbons (Fsp3) is 0.194. The highest BCUT2D eigenvalue weighted by molar-refractivity contribution is 6.04. The van der Waals surface area contributed by atoms with Crippen molar-refractivity contribution in [2.45, 2.75) is 25.4 Å². The molecule has 0 bridgehead atoms. The Kier molecular flexibility index (Phi) is 7.67. The van der Waals surface area contributed by atoms with E-state index in [0.29, 0.717) is 16.9 Å². The average molecular weight is 491 g/mol. The molecule has 1 aliphatic heterocycles. The van der Waals surface area contributed by atoms with Gasteiger partial charge in [-0.25, -0.2) is 0 Å². The molecular formula is C31H30N4O2. The van der Waals surface area contributed by atoms with Crippen molar-refractivity contribution in [3.05, 3.63) is 120 Å². The lowest BCUT2D eigenvalue weighted by molar-refractivity contribution is 0.0902. The number of pyridine rings is 1. The fourth-order valence-corrected chi connectivity index (χ4v) is 4.58. The lowest BCUT2D eigenvalue weighted by Gasteiger charge is -2.32. The summed E-state index contributed by atoms with van der Waals surface area (Å²) >= 11 is 0. The Labute approximate surface area is 217 Å². The molecule has 3 aromatic carbocycles. The van der Waals surface area contributed by atoms with Crippen LogP contribution in [0.15, 0.2) is 103 Å². The molecule has 1 saturated heterocycles. The number of piperidine rings is 1. The molecule has 5 rings (SSSR count). The molecule has 1 fully saturated rings.